The zero-order valence-electron chi connectivity index (χ0n) is 11.0. The molecule has 1 saturated carbocycles. The summed E-state index contributed by atoms with van der Waals surface area (Å²) in [4.78, 5) is 13.9. The molecule has 0 aromatic heterocycles. The smallest absolute Gasteiger partial charge is 0.227 e. The van der Waals surface area contributed by atoms with Crippen molar-refractivity contribution >= 4 is 5.91 Å². The van der Waals surface area contributed by atoms with Crippen LogP contribution in [-0.2, 0) is 11.2 Å². The summed E-state index contributed by atoms with van der Waals surface area (Å²) in [5.74, 6) is 0.367. The summed E-state index contributed by atoms with van der Waals surface area (Å²) in [6.45, 7) is 3.20. The van der Waals surface area contributed by atoms with Crippen LogP contribution in [0.25, 0.3) is 0 Å². The molecular weight excluding hydrogens is 243 g/mol. The molecule has 2 aliphatic rings. The van der Waals surface area contributed by atoms with E-state index in [0.717, 1.165) is 50.1 Å². The first-order valence-corrected chi connectivity index (χ1v) is 7.01. The number of rotatable bonds is 3. The van der Waals surface area contributed by atoms with Gasteiger partial charge in [-0.3, -0.25) is 4.79 Å². The Morgan fingerprint density at radius 2 is 2.05 bits per heavy atom. The van der Waals surface area contributed by atoms with E-state index in [4.69, 9.17) is 0 Å². The number of amides is 1. The highest BCUT2D eigenvalue weighted by Gasteiger charge is 2.26. The predicted octanol–water partition coefficient (Wildman–Crippen LogP) is 1.68. The summed E-state index contributed by atoms with van der Waals surface area (Å²) in [5, 5.41) is 3.22. The summed E-state index contributed by atoms with van der Waals surface area (Å²) < 4.78 is 13.9. The lowest BCUT2D eigenvalue weighted by Crippen LogP contribution is -2.46. The first kappa shape index (κ1) is 12.6. The molecule has 1 aliphatic heterocycles. The Hall–Kier alpha value is -1.42. The van der Waals surface area contributed by atoms with Crippen molar-refractivity contribution in [2.24, 2.45) is 0 Å². The first-order chi connectivity index (χ1) is 9.24. The molecule has 1 aromatic carbocycles. The molecular formula is C15H19FN2O. The van der Waals surface area contributed by atoms with E-state index in [1.165, 1.54) is 6.07 Å². The maximum atomic E-state index is 13.9. The van der Waals surface area contributed by atoms with Gasteiger partial charge in [0.05, 0.1) is 6.42 Å². The number of benzene rings is 1. The average molecular weight is 262 g/mol. The van der Waals surface area contributed by atoms with E-state index in [2.05, 4.69) is 5.32 Å². The fourth-order valence-corrected chi connectivity index (χ4v) is 2.61. The van der Waals surface area contributed by atoms with Crippen LogP contribution in [0.3, 0.4) is 0 Å². The van der Waals surface area contributed by atoms with Crippen LogP contribution >= 0.6 is 0 Å². The van der Waals surface area contributed by atoms with Gasteiger partial charge in [-0.15, -0.1) is 0 Å². The molecule has 3 nitrogen and oxygen atoms in total. The average Bonchev–Trinajstić information content (AvgIpc) is 3.24. The van der Waals surface area contributed by atoms with E-state index in [-0.39, 0.29) is 11.7 Å². The predicted molar refractivity (Wildman–Crippen MR) is 71.5 cm³/mol. The highest BCUT2D eigenvalue weighted by Crippen LogP contribution is 2.41. The van der Waals surface area contributed by atoms with Gasteiger partial charge >= 0.3 is 0 Å². The second-order valence-corrected chi connectivity index (χ2v) is 5.44. The second-order valence-electron chi connectivity index (χ2n) is 5.44. The largest absolute Gasteiger partial charge is 0.340 e. The minimum Gasteiger partial charge on any atom is -0.340 e. The molecule has 4 heteroatoms. The lowest BCUT2D eigenvalue weighted by Gasteiger charge is -2.27. The van der Waals surface area contributed by atoms with Crippen molar-refractivity contribution in [2.75, 3.05) is 26.2 Å². The standard InChI is InChI=1S/C15H19FN2O/c16-14-9-11(1-4-13(14)12-2-3-12)10-15(19)18-7-5-17-6-8-18/h1,4,9,12,17H,2-3,5-8,10H2. The zero-order valence-corrected chi connectivity index (χ0v) is 11.0. The van der Waals surface area contributed by atoms with Crippen molar-refractivity contribution in [3.05, 3.63) is 35.1 Å². The van der Waals surface area contributed by atoms with E-state index < -0.39 is 0 Å². The Kier molecular flexibility index (Phi) is 3.51. The number of piperazine rings is 1. The number of hydrogen-bond donors (Lipinski definition) is 1. The molecule has 0 spiro atoms. The normalized spacial score (nSPS) is 19.5. The fourth-order valence-electron chi connectivity index (χ4n) is 2.61. The fraction of sp³-hybridized carbons (Fsp3) is 0.533. The summed E-state index contributed by atoms with van der Waals surface area (Å²) in [5.41, 5.74) is 1.60. The highest BCUT2D eigenvalue weighted by atomic mass is 19.1. The van der Waals surface area contributed by atoms with Crippen LogP contribution in [0.15, 0.2) is 18.2 Å². The SMILES string of the molecule is O=C(Cc1ccc(C2CC2)c(F)c1)N1CCNCC1. The molecule has 0 atom stereocenters. The number of nitrogens with one attached hydrogen (secondary N) is 1. The van der Waals surface area contributed by atoms with Crippen LogP contribution in [0.5, 0.6) is 0 Å². The maximum absolute atomic E-state index is 13.9. The Morgan fingerprint density at radius 1 is 1.32 bits per heavy atom. The van der Waals surface area contributed by atoms with E-state index in [1.54, 1.807) is 0 Å². The van der Waals surface area contributed by atoms with Gasteiger partial charge in [-0.2, -0.15) is 0 Å². The van der Waals surface area contributed by atoms with Crippen LogP contribution < -0.4 is 5.32 Å². The number of carbonyl (C=O) groups is 1. The topological polar surface area (TPSA) is 32.3 Å². The maximum Gasteiger partial charge on any atom is 0.227 e. The first-order valence-electron chi connectivity index (χ1n) is 7.01. The summed E-state index contributed by atoms with van der Waals surface area (Å²) in [6, 6.07) is 5.29. The molecule has 1 aliphatic carbocycles. The number of nitrogens with zero attached hydrogens (tertiary/aromatic N) is 1. The molecule has 19 heavy (non-hydrogen) atoms. The van der Waals surface area contributed by atoms with E-state index in [1.807, 2.05) is 17.0 Å². The molecule has 1 saturated heterocycles. The third-order valence-electron chi connectivity index (χ3n) is 3.91. The van der Waals surface area contributed by atoms with E-state index in [9.17, 15) is 9.18 Å². The molecule has 0 bridgehead atoms. The molecule has 1 amide bonds. The van der Waals surface area contributed by atoms with Crippen LogP contribution in [0.2, 0.25) is 0 Å². The van der Waals surface area contributed by atoms with Gasteiger partial charge < -0.3 is 10.2 Å². The molecule has 0 unspecified atom stereocenters. The van der Waals surface area contributed by atoms with Gasteiger partial charge in [0.15, 0.2) is 0 Å². The van der Waals surface area contributed by atoms with E-state index >= 15 is 0 Å². The van der Waals surface area contributed by atoms with Gasteiger partial charge in [-0.05, 0) is 36.0 Å². The van der Waals surface area contributed by atoms with E-state index in [0.29, 0.717) is 12.3 Å². The minimum atomic E-state index is -0.145. The quantitative estimate of drug-likeness (QED) is 0.899. The molecule has 2 fully saturated rings. The van der Waals surface area contributed by atoms with Gasteiger partial charge in [-0.1, -0.05) is 12.1 Å². The number of carbonyl (C=O) groups excluding carboxylic acids is 1. The van der Waals surface area contributed by atoms with Crippen molar-refractivity contribution in [3.63, 3.8) is 0 Å². The summed E-state index contributed by atoms with van der Waals surface area (Å²) in [6.07, 6.45) is 2.49. The number of hydrogen-bond acceptors (Lipinski definition) is 2. The van der Waals surface area contributed by atoms with Crippen LogP contribution in [-0.4, -0.2) is 37.0 Å². The molecule has 1 aromatic rings. The van der Waals surface area contributed by atoms with Crippen molar-refractivity contribution in [1.82, 2.24) is 10.2 Å². The third-order valence-corrected chi connectivity index (χ3v) is 3.91. The third kappa shape index (κ3) is 2.95. The van der Waals surface area contributed by atoms with Crippen molar-refractivity contribution in [2.45, 2.75) is 25.2 Å². The molecule has 102 valence electrons. The van der Waals surface area contributed by atoms with Gasteiger partial charge in [0.25, 0.3) is 0 Å². The van der Waals surface area contributed by atoms with Gasteiger partial charge in [-0.25, -0.2) is 4.39 Å². The van der Waals surface area contributed by atoms with Crippen molar-refractivity contribution < 1.29 is 9.18 Å². The minimum absolute atomic E-state index is 0.0973. The van der Waals surface area contributed by atoms with Crippen LogP contribution in [0.4, 0.5) is 4.39 Å². The molecule has 1 heterocycles. The molecule has 1 N–H and O–H groups in total. The lowest BCUT2D eigenvalue weighted by atomic mass is 10.0. The second kappa shape index (κ2) is 5.29. The van der Waals surface area contributed by atoms with Crippen LogP contribution in [0.1, 0.15) is 29.9 Å². The Labute approximate surface area is 112 Å². The van der Waals surface area contributed by atoms with Crippen LogP contribution in [0, 0.1) is 5.82 Å². The molecule has 3 rings (SSSR count). The monoisotopic (exact) mass is 262 g/mol. The highest BCUT2D eigenvalue weighted by molar-refractivity contribution is 5.78. The van der Waals surface area contributed by atoms with Gasteiger partial charge in [0.2, 0.25) is 5.91 Å². The summed E-state index contributed by atoms with van der Waals surface area (Å²) in [7, 11) is 0. The number of halogens is 1. The van der Waals surface area contributed by atoms with Gasteiger partial charge in [0, 0.05) is 26.2 Å². The Bertz CT molecular complexity index is 479. The van der Waals surface area contributed by atoms with Crippen molar-refractivity contribution in [3.8, 4) is 0 Å². The molecule has 0 radical (unpaired) electrons. The Balaban J connectivity index is 1.65. The zero-order chi connectivity index (χ0) is 13.2. The summed E-state index contributed by atoms with van der Waals surface area (Å²) >= 11 is 0. The van der Waals surface area contributed by atoms with Gasteiger partial charge in [0.1, 0.15) is 5.82 Å². The van der Waals surface area contributed by atoms with Crippen molar-refractivity contribution in [1.29, 1.82) is 0 Å². The lowest BCUT2D eigenvalue weighted by molar-refractivity contribution is -0.131. The Morgan fingerprint density at radius 3 is 2.68 bits per heavy atom.